The fraction of sp³-hybridized carbons (Fsp3) is 0.516. The van der Waals surface area contributed by atoms with Crippen molar-refractivity contribution in [1.82, 2.24) is 38.6 Å². The Bertz CT molecular complexity index is 1750. The maximum atomic E-state index is 13.8. The lowest BCUT2D eigenvalue weighted by molar-refractivity contribution is 0.174. The van der Waals surface area contributed by atoms with Crippen molar-refractivity contribution in [3.63, 3.8) is 0 Å². The molecule has 0 radical (unpaired) electrons. The van der Waals surface area contributed by atoms with Crippen LogP contribution in [0.15, 0.2) is 46.1 Å². The summed E-state index contributed by atoms with van der Waals surface area (Å²) in [6.07, 6.45) is 6.61. The fourth-order valence-corrected chi connectivity index (χ4v) is 6.35. The summed E-state index contributed by atoms with van der Waals surface area (Å²) in [6.45, 7) is 6.59. The summed E-state index contributed by atoms with van der Waals surface area (Å²) in [5.74, 6) is 6.67. The topological polar surface area (TPSA) is 125 Å². The molecule has 2 saturated heterocycles. The molecule has 0 aliphatic carbocycles. The van der Waals surface area contributed by atoms with Gasteiger partial charge >= 0.3 is 5.69 Å². The van der Waals surface area contributed by atoms with Gasteiger partial charge in [-0.25, -0.2) is 9.48 Å². The number of imidazole rings is 1. The Balaban J connectivity index is 1.14. The number of hydrogen-bond acceptors (Lipinski definition) is 8. The highest BCUT2D eigenvalue weighted by Crippen LogP contribution is 2.25. The van der Waals surface area contributed by atoms with Crippen LogP contribution in [0.25, 0.3) is 22.4 Å². The van der Waals surface area contributed by atoms with Gasteiger partial charge in [-0.1, -0.05) is 41.5 Å². The highest BCUT2D eigenvalue weighted by atomic mass is 16.2. The van der Waals surface area contributed by atoms with E-state index in [-0.39, 0.29) is 17.3 Å². The van der Waals surface area contributed by atoms with Crippen molar-refractivity contribution in [2.75, 3.05) is 37.6 Å². The van der Waals surface area contributed by atoms with E-state index >= 15 is 0 Å². The first-order valence-electron chi connectivity index (χ1n) is 15.2. The maximum absolute atomic E-state index is 13.8. The number of likely N-dealkylation sites (tertiary alicyclic amines) is 1. The molecule has 0 unspecified atom stereocenters. The van der Waals surface area contributed by atoms with Gasteiger partial charge < -0.3 is 15.5 Å². The van der Waals surface area contributed by atoms with E-state index in [0.717, 1.165) is 63.1 Å². The second-order valence-corrected chi connectivity index (χ2v) is 11.6. The van der Waals surface area contributed by atoms with Gasteiger partial charge in [0.2, 0.25) is 5.95 Å². The van der Waals surface area contributed by atoms with E-state index in [2.05, 4.69) is 32.0 Å². The zero-order valence-electron chi connectivity index (χ0n) is 25.0. The first kappa shape index (κ1) is 28.9. The molecular weight excluding hydrogens is 544 g/mol. The molecule has 43 heavy (non-hydrogen) atoms. The predicted molar refractivity (Wildman–Crippen MR) is 167 cm³/mol. The second kappa shape index (κ2) is 12.6. The van der Waals surface area contributed by atoms with Crippen LogP contribution in [-0.4, -0.2) is 77.3 Å². The van der Waals surface area contributed by atoms with Crippen LogP contribution in [0.3, 0.4) is 0 Å². The highest BCUT2D eigenvalue weighted by molar-refractivity contribution is 5.75. The van der Waals surface area contributed by atoms with E-state index in [9.17, 15) is 9.59 Å². The van der Waals surface area contributed by atoms with Crippen molar-refractivity contribution < 1.29 is 0 Å². The van der Waals surface area contributed by atoms with Crippen LogP contribution >= 0.6 is 0 Å². The zero-order valence-corrected chi connectivity index (χ0v) is 25.0. The molecule has 5 heterocycles. The molecule has 12 heteroatoms. The molecule has 0 saturated carbocycles. The first-order valence-corrected chi connectivity index (χ1v) is 15.2. The summed E-state index contributed by atoms with van der Waals surface area (Å²) in [5.41, 5.74) is 8.37. The summed E-state index contributed by atoms with van der Waals surface area (Å²) < 4.78 is 6.71. The van der Waals surface area contributed by atoms with E-state index in [4.69, 9.17) is 10.7 Å². The molecular formula is C31H40N10O2. The molecule has 3 aromatic heterocycles. The van der Waals surface area contributed by atoms with Gasteiger partial charge in [-0.05, 0) is 45.6 Å². The first-order chi connectivity index (χ1) is 20.9. The van der Waals surface area contributed by atoms with Gasteiger partial charge in [0, 0.05) is 51.4 Å². The molecule has 2 aliphatic rings. The average molecular weight is 585 g/mol. The number of hydrogen-bond donors (Lipinski definition) is 1. The number of aryl methyl sites for hydroxylation is 1. The number of aromatic nitrogens is 7. The van der Waals surface area contributed by atoms with E-state index < -0.39 is 0 Å². The van der Waals surface area contributed by atoms with Crippen LogP contribution in [-0.2, 0) is 20.1 Å². The van der Waals surface area contributed by atoms with Crippen LogP contribution in [0.1, 0.15) is 45.1 Å². The minimum atomic E-state index is -0.343. The Morgan fingerprint density at radius 3 is 2.56 bits per heavy atom. The third kappa shape index (κ3) is 5.87. The summed E-state index contributed by atoms with van der Waals surface area (Å²) in [5, 5.41) is 8.78. The highest BCUT2D eigenvalue weighted by Gasteiger charge is 2.26. The largest absolute Gasteiger partial charge is 0.341 e. The van der Waals surface area contributed by atoms with Gasteiger partial charge in [-0.3, -0.25) is 18.5 Å². The smallest absolute Gasteiger partial charge is 0.332 e. The van der Waals surface area contributed by atoms with Crippen LogP contribution in [0.4, 0.5) is 5.95 Å². The Labute approximate surface area is 250 Å². The molecule has 0 amide bonds. The molecule has 1 atom stereocenters. The molecule has 6 rings (SSSR count). The zero-order chi connectivity index (χ0) is 29.9. The van der Waals surface area contributed by atoms with Gasteiger partial charge in [0.1, 0.15) is 5.69 Å². The molecule has 0 spiro atoms. The van der Waals surface area contributed by atoms with Crippen LogP contribution in [0.5, 0.6) is 0 Å². The van der Waals surface area contributed by atoms with Crippen molar-refractivity contribution in [2.24, 2.45) is 12.8 Å². The molecule has 1 aromatic carbocycles. The number of fused-ring (bicyclic) bond motifs is 1. The Hall–Kier alpha value is -4.21. The third-order valence-electron chi connectivity index (χ3n) is 8.73. The molecule has 2 aliphatic heterocycles. The van der Waals surface area contributed by atoms with Crippen molar-refractivity contribution in [1.29, 1.82) is 0 Å². The van der Waals surface area contributed by atoms with Gasteiger partial charge in [0.05, 0.1) is 18.8 Å². The average Bonchev–Trinajstić information content (AvgIpc) is 3.68. The normalized spacial score (nSPS) is 18.2. The minimum Gasteiger partial charge on any atom is -0.341 e. The number of benzene rings is 1. The third-order valence-corrected chi connectivity index (χ3v) is 8.73. The Kier molecular flexibility index (Phi) is 8.44. The van der Waals surface area contributed by atoms with Crippen molar-refractivity contribution in [3.05, 3.63) is 57.4 Å². The maximum Gasteiger partial charge on any atom is 0.332 e. The number of anilines is 1. The van der Waals surface area contributed by atoms with Crippen LogP contribution in [0.2, 0.25) is 0 Å². The van der Waals surface area contributed by atoms with Crippen molar-refractivity contribution >= 4 is 17.1 Å². The molecule has 2 N–H and O–H groups in total. The molecule has 226 valence electrons. The van der Waals surface area contributed by atoms with Crippen molar-refractivity contribution in [3.8, 4) is 23.1 Å². The monoisotopic (exact) mass is 584 g/mol. The molecule has 0 bridgehead atoms. The number of nitrogens with two attached hydrogens (primary N) is 1. The van der Waals surface area contributed by atoms with Gasteiger partial charge in [0.25, 0.3) is 5.56 Å². The number of rotatable bonds is 8. The molecule has 12 nitrogen and oxygen atoms in total. The quantitative estimate of drug-likeness (QED) is 0.311. The SMILES string of the molecule is CC#CCn1c(N2CCC[C@@H](N)C2)nc2c1c(=O)n(CCCN1CCC(n3cc(-c4ccccc4)nn3)CC1)c(=O)n2C. The van der Waals surface area contributed by atoms with Crippen LogP contribution in [0, 0.1) is 11.8 Å². The van der Waals surface area contributed by atoms with Gasteiger partial charge in [-0.15, -0.1) is 11.0 Å². The summed E-state index contributed by atoms with van der Waals surface area (Å²) in [7, 11) is 1.69. The lowest BCUT2D eigenvalue weighted by Crippen LogP contribution is -2.44. The molecule has 4 aromatic rings. The van der Waals surface area contributed by atoms with E-state index in [1.54, 1.807) is 14.0 Å². The minimum absolute atomic E-state index is 0.0489. The van der Waals surface area contributed by atoms with Gasteiger partial charge in [-0.2, -0.15) is 4.98 Å². The molecule has 2 fully saturated rings. The van der Waals surface area contributed by atoms with E-state index in [1.807, 2.05) is 45.8 Å². The Morgan fingerprint density at radius 2 is 1.81 bits per heavy atom. The summed E-state index contributed by atoms with van der Waals surface area (Å²) in [6, 6.07) is 10.5. The van der Waals surface area contributed by atoms with E-state index in [1.165, 1.54) is 9.13 Å². The summed E-state index contributed by atoms with van der Waals surface area (Å²) >= 11 is 0. The standard InChI is InChI=1S/C31H40N10O2/c1-3-4-17-39-27-28(33-30(39)38-16-8-12-24(32)21-38)36(2)31(43)40(29(27)42)18-9-15-37-19-13-25(14-20-37)41-22-26(34-35-41)23-10-6-5-7-11-23/h5-7,10-11,22,24-25H,8-9,12-21,32H2,1-2H3/t24-/m1/s1. The fourth-order valence-electron chi connectivity index (χ4n) is 6.35. The second-order valence-electron chi connectivity index (χ2n) is 11.6. The van der Waals surface area contributed by atoms with E-state index in [0.29, 0.717) is 49.2 Å². The summed E-state index contributed by atoms with van der Waals surface area (Å²) in [4.78, 5) is 36.4. The number of nitrogens with zero attached hydrogens (tertiary/aromatic N) is 9. The van der Waals surface area contributed by atoms with Crippen molar-refractivity contribution in [2.45, 2.75) is 64.2 Å². The van der Waals surface area contributed by atoms with Gasteiger partial charge in [0.15, 0.2) is 11.2 Å². The van der Waals surface area contributed by atoms with Crippen LogP contribution < -0.4 is 21.9 Å². The number of piperidine rings is 2. The lowest BCUT2D eigenvalue weighted by atomic mass is 10.0. The predicted octanol–water partition coefficient (Wildman–Crippen LogP) is 1.83. The lowest BCUT2D eigenvalue weighted by Gasteiger charge is -2.31. The Morgan fingerprint density at radius 1 is 1.02 bits per heavy atom.